The van der Waals surface area contributed by atoms with Crippen LogP contribution < -0.4 is 11.1 Å². The smallest absolute Gasteiger partial charge is 0.0624 e. The lowest BCUT2D eigenvalue weighted by molar-refractivity contribution is 1.21. The molecule has 0 atom stereocenters. The SMILES string of the molecule is Cc1ncccc1N.c1ccc2c(c1)N2. The van der Waals surface area contributed by atoms with Crippen molar-refractivity contribution < 1.29 is 0 Å². The van der Waals surface area contributed by atoms with E-state index in [1.165, 1.54) is 11.4 Å². The molecule has 0 spiro atoms. The summed E-state index contributed by atoms with van der Waals surface area (Å²) in [5.41, 5.74) is 9.67. The third-order valence-corrected chi connectivity index (χ3v) is 2.18. The average Bonchev–Trinajstić information content (AvgIpc) is 3.02. The van der Waals surface area contributed by atoms with Crippen molar-refractivity contribution in [2.45, 2.75) is 6.92 Å². The van der Waals surface area contributed by atoms with E-state index in [4.69, 9.17) is 5.73 Å². The molecule has 0 fully saturated rings. The number of pyridine rings is 1. The minimum atomic E-state index is 0.757. The van der Waals surface area contributed by atoms with Gasteiger partial charge in [0.15, 0.2) is 0 Å². The summed E-state index contributed by atoms with van der Waals surface area (Å²) in [6, 6.07) is 11.8. The summed E-state index contributed by atoms with van der Waals surface area (Å²) in [4.78, 5) is 3.95. The van der Waals surface area contributed by atoms with Crippen molar-refractivity contribution >= 4 is 17.1 Å². The second kappa shape index (κ2) is 4.00. The highest BCUT2D eigenvalue weighted by Crippen LogP contribution is 2.36. The number of nitrogens with two attached hydrogens (primary N) is 1. The van der Waals surface area contributed by atoms with Gasteiger partial charge in [-0.2, -0.15) is 0 Å². The quantitative estimate of drug-likeness (QED) is 0.547. The molecule has 3 N–H and O–H groups in total. The Bertz CT molecular complexity index is 424. The van der Waals surface area contributed by atoms with Crippen LogP contribution in [0.1, 0.15) is 5.69 Å². The number of nitrogens with one attached hydrogen (secondary N) is 1. The number of aromatic nitrogens is 1. The van der Waals surface area contributed by atoms with Crippen LogP contribution in [-0.2, 0) is 0 Å². The second-order valence-corrected chi connectivity index (χ2v) is 3.35. The molecule has 3 heteroatoms. The van der Waals surface area contributed by atoms with Crippen molar-refractivity contribution in [1.29, 1.82) is 0 Å². The molecule has 0 bridgehead atoms. The molecule has 15 heavy (non-hydrogen) atoms. The number of nitrogens with zero attached hydrogens (tertiary/aromatic N) is 1. The van der Waals surface area contributed by atoms with Crippen LogP contribution in [0.2, 0.25) is 0 Å². The molecule has 0 radical (unpaired) electrons. The third kappa shape index (κ3) is 2.47. The predicted octanol–water partition coefficient (Wildman–Crippen LogP) is 2.72. The zero-order valence-corrected chi connectivity index (χ0v) is 8.57. The number of anilines is 3. The van der Waals surface area contributed by atoms with Gasteiger partial charge < -0.3 is 11.1 Å². The van der Waals surface area contributed by atoms with Crippen molar-refractivity contribution in [2.24, 2.45) is 0 Å². The van der Waals surface area contributed by atoms with Gasteiger partial charge in [0, 0.05) is 6.20 Å². The zero-order valence-electron chi connectivity index (χ0n) is 8.57. The first kappa shape index (κ1) is 9.52. The molecule has 1 aromatic heterocycles. The van der Waals surface area contributed by atoms with E-state index in [1.54, 1.807) is 6.20 Å². The van der Waals surface area contributed by atoms with Crippen molar-refractivity contribution in [3.05, 3.63) is 48.3 Å². The van der Waals surface area contributed by atoms with E-state index in [0.717, 1.165) is 11.4 Å². The van der Waals surface area contributed by atoms with Gasteiger partial charge in [0.05, 0.1) is 22.8 Å². The fourth-order valence-electron chi connectivity index (χ4n) is 1.18. The summed E-state index contributed by atoms with van der Waals surface area (Å²) >= 11 is 0. The first-order valence-electron chi connectivity index (χ1n) is 4.80. The Balaban J connectivity index is 0.000000114. The number of hydrogen-bond donors (Lipinski definition) is 2. The van der Waals surface area contributed by atoms with Gasteiger partial charge in [-0.25, -0.2) is 0 Å². The highest BCUT2D eigenvalue weighted by Gasteiger charge is 2.10. The molecule has 0 unspecified atom stereocenters. The van der Waals surface area contributed by atoms with E-state index < -0.39 is 0 Å². The van der Waals surface area contributed by atoms with E-state index in [0.29, 0.717) is 0 Å². The monoisotopic (exact) mass is 199 g/mol. The molecule has 1 aliphatic rings. The van der Waals surface area contributed by atoms with Crippen LogP contribution in [0, 0.1) is 6.92 Å². The van der Waals surface area contributed by atoms with E-state index >= 15 is 0 Å². The summed E-state index contributed by atoms with van der Waals surface area (Å²) in [5, 5.41) is 3.09. The van der Waals surface area contributed by atoms with Crippen molar-refractivity contribution in [1.82, 2.24) is 4.98 Å². The molecule has 0 saturated carbocycles. The van der Waals surface area contributed by atoms with Crippen LogP contribution in [0.25, 0.3) is 0 Å². The van der Waals surface area contributed by atoms with Gasteiger partial charge in [-0.3, -0.25) is 4.98 Å². The number of nitrogen functional groups attached to an aromatic ring is 1. The molecule has 76 valence electrons. The third-order valence-electron chi connectivity index (χ3n) is 2.18. The molecule has 2 aromatic rings. The van der Waals surface area contributed by atoms with Gasteiger partial charge in [0.2, 0.25) is 0 Å². The van der Waals surface area contributed by atoms with Crippen LogP contribution in [0.15, 0.2) is 42.6 Å². The normalized spacial score (nSPS) is 10.5. The second-order valence-electron chi connectivity index (χ2n) is 3.35. The Morgan fingerprint density at radius 2 is 1.73 bits per heavy atom. The first-order valence-corrected chi connectivity index (χ1v) is 4.80. The Hall–Kier alpha value is -2.03. The van der Waals surface area contributed by atoms with Gasteiger partial charge in [0.1, 0.15) is 0 Å². The lowest BCUT2D eigenvalue weighted by Crippen LogP contribution is -1.89. The molecule has 0 saturated heterocycles. The van der Waals surface area contributed by atoms with Crippen molar-refractivity contribution in [3.8, 4) is 0 Å². The lowest BCUT2D eigenvalue weighted by Gasteiger charge is -1.92. The molecule has 1 aromatic carbocycles. The van der Waals surface area contributed by atoms with Crippen molar-refractivity contribution in [2.75, 3.05) is 11.1 Å². The van der Waals surface area contributed by atoms with Crippen LogP contribution in [0.4, 0.5) is 17.1 Å². The van der Waals surface area contributed by atoms with Gasteiger partial charge in [-0.05, 0) is 31.2 Å². The summed E-state index contributed by atoms with van der Waals surface area (Å²) in [6.45, 7) is 1.88. The van der Waals surface area contributed by atoms with Gasteiger partial charge in [0.25, 0.3) is 0 Å². The van der Waals surface area contributed by atoms with Crippen molar-refractivity contribution in [3.63, 3.8) is 0 Å². The molecule has 0 aliphatic carbocycles. The summed E-state index contributed by atoms with van der Waals surface area (Å²) in [7, 11) is 0. The summed E-state index contributed by atoms with van der Waals surface area (Å²) < 4.78 is 0. The average molecular weight is 199 g/mol. The first-order chi connectivity index (χ1) is 7.27. The maximum Gasteiger partial charge on any atom is 0.0624 e. The predicted molar refractivity (Wildman–Crippen MR) is 63.1 cm³/mol. The number of benzene rings is 1. The fraction of sp³-hybridized carbons (Fsp3) is 0.0833. The van der Waals surface area contributed by atoms with Crippen LogP contribution in [0.5, 0.6) is 0 Å². The minimum absolute atomic E-state index is 0.757. The molecular formula is C12H13N3. The summed E-state index contributed by atoms with van der Waals surface area (Å²) in [5.74, 6) is 0. The van der Waals surface area contributed by atoms with E-state index in [1.807, 2.05) is 31.2 Å². The summed E-state index contributed by atoms with van der Waals surface area (Å²) in [6.07, 6.45) is 1.73. The van der Waals surface area contributed by atoms with Gasteiger partial charge in [-0.1, -0.05) is 12.1 Å². The maximum absolute atomic E-state index is 5.46. The Morgan fingerprint density at radius 1 is 1.07 bits per heavy atom. The largest absolute Gasteiger partial charge is 0.397 e. The van der Waals surface area contributed by atoms with E-state index in [2.05, 4.69) is 22.4 Å². The molecule has 1 aliphatic heterocycles. The zero-order chi connectivity index (χ0) is 10.7. The van der Waals surface area contributed by atoms with Gasteiger partial charge >= 0.3 is 0 Å². The number of rotatable bonds is 0. The van der Waals surface area contributed by atoms with E-state index in [-0.39, 0.29) is 0 Å². The molecule has 3 nitrogen and oxygen atoms in total. The standard InChI is InChI=1S/C6H8N2.C6H5N/c1-5-6(7)3-2-4-8-5;1-2-4-6-5(3-1)7-6/h2-4H,7H2,1H3;1-4,7H. The maximum atomic E-state index is 5.46. The highest BCUT2D eigenvalue weighted by molar-refractivity contribution is 5.89. The Labute approximate surface area is 89.0 Å². The Morgan fingerprint density at radius 3 is 2.13 bits per heavy atom. The van der Waals surface area contributed by atoms with Crippen LogP contribution >= 0.6 is 0 Å². The number of hydrogen-bond acceptors (Lipinski definition) is 3. The van der Waals surface area contributed by atoms with Gasteiger partial charge in [-0.15, -0.1) is 0 Å². The van der Waals surface area contributed by atoms with E-state index in [9.17, 15) is 0 Å². The van der Waals surface area contributed by atoms with Crippen LogP contribution in [0.3, 0.4) is 0 Å². The number of fused-ring (bicyclic) bond motifs is 1. The molecule has 2 heterocycles. The molecule has 0 amide bonds. The lowest BCUT2D eigenvalue weighted by atomic mass is 10.3. The Kier molecular flexibility index (Phi) is 2.54. The van der Waals surface area contributed by atoms with Crippen LogP contribution in [-0.4, -0.2) is 4.98 Å². The fourth-order valence-corrected chi connectivity index (χ4v) is 1.18. The number of aryl methyl sites for hydroxylation is 1. The molecule has 3 rings (SSSR count). The highest BCUT2D eigenvalue weighted by atomic mass is 15.0. The number of para-hydroxylation sites is 2. The topological polar surface area (TPSA) is 60.8 Å². The minimum Gasteiger partial charge on any atom is -0.397 e. The molecular weight excluding hydrogens is 186 g/mol.